The molecule has 190 valence electrons. The highest BCUT2D eigenvalue weighted by Crippen LogP contribution is 2.41. The summed E-state index contributed by atoms with van der Waals surface area (Å²) < 4.78 is 12.0. The van der Waals surface area contributed by atoms with E-state index in [0.717, 1.165) is 10.4 Å². The Morgan fingerprint density at radius 1 is 1.15 bits per heavy atom. The Balaban J connectivity index is 2.17. The molecule has 0 spiro atoms. The molecule has 1 aromatic carbocycles. The smallest absolute Gasteiger partial charge is 0.326 e. The molecule has 2 rings (SSSR count). The normalized spacial score (nSPS) is 20.1. The lowest BCUT2D eigenvalue weighted by Gasteiger charge is -2.51. The minimum Gasteiger partial charge on any atom is -0.459 e. The first-order valence-electron chi connectivity index (χ1n) is 11.9. The van der Waals surface area contributed by atoms with Crippen LogP contribution >= 0.6 is 23.8 Å². The van der Waals surface area contributed by atoms with E-state index in [1.54, 1.807) is 4.90 Å². The van der Waals surface area contributed by atoms with Crippen LogP contribution in [0.4, 0.5) is 0 Å². The molecule has 1 aliphatic rings. The van der Waals surface area contributed by atoms with Crippen molar-refractivity contribution in [2.45, 2.75) is 97.2 Å². The summed E-state index contributed by atoms with van der Waals surface area (Å²) in [6.07, 6.45) is 1.05. The lowest BCUT2D eigenvalue weighted by atomic mass is 9.80. The second kappa shape index (κ2) is 10.8. The van der Waals surface area contributed by atoms with Gasteiger partial charge in [-0.25, -0.2) is 0 Å². The highest BCUT2D eigenvalue weighted by molar-refractivity contribution is 7.80. The van der Waals surface area contributed by atoms with Crippen LogP contribution in [0.25, 0.3) is 0 Å². The number of carbonyl (C=O) groups is 2. The number of amides is 1. The Bertz CT molecular complexity index is 905. The van der Waals surface area contributed by atoms with Crippen LogP contribution in [0.15, 0.2) is 24.3 Å². The Morgan fingerprint density at radius 2 is 1.71 bits per heavy atom. The summed E-state index contributed by atoms with van der Waals surface area (Å²) in [7, 11) is -2.06. The number of β-lactam (4-membered cyclic amide) rings is 1. The zero-order chi connectivity index (χ0) is 26.1. The number of benzene rings is 1. The van der Waals surface area contributed by atoms with Gasteiger partial charge in [-0.3, -0.25) is 9.59 Å². The maximum absolute atomic E-state index is 13.2. The number of nitrogens with zero attached hydrogens (tertiary/aromatic N) is 1. The molecule has 34 heavy (non-hydrogen) atoms. The predicted octanol–water partition coefficient (Wildman–Crippen LogP) is 6.42. The predicted molar refractivity (Wildman–Crippen MR) is 145 cm³/mol. The molecule has 0 N–H and O–H groups in total. The van der Waals surface area contributed by atoms with Crippen molar-refractivity contribution in [2.24, 2.45) is 5.92 Å². The van der Waals surface area contributed by atoms with Gasteiger partial charge >= 0.3 is 5.97 Å². The Kier molecular flexibility index (Phi) is 9.17. The molecular weight excluding hydrogens is 486 g/mol. The molecule has 1 amide bonds. The topological polar surface area (TPSA) is 55.8 Å². The van der Waals surface area contributed by atoms with Crippen LogP contribution in [-0.2, 0) is 18.8 Å². The summed E-state index contributed by atoms with van der Waals surface area (Å²) in [5.74, 6) is -0.758. The molecule has 1 aromatic rings. The van der Waals surface area contributed by atoms with E-state index in [-0.39, 0.29) is 35.6 Å². The van der Waals surface area contributed by atoms with Crippen LogP contribution in [0.1, 0.15) is 66.9 Å². The number of rotatable bonds is 9. The SMILES string of the molecule is C[C@@H](O[Si](C)(C)C(C)(C)C)[C@H]1C(=O)N(CC(=O)OC(C)(C)C)[C@H]1CCC(=S)c1ccc(Cl)cc1. The van der Waals surface area contributed by atoms with Crippen molar-refractivity contribution in [1.82, 2.24) is 4.90 Å². The highest BCUT2D eigenvalue weighted by atomic mass is 35.5. The monoisotopic (exact) mass is 525 g/mol. The lowest BCUT2D eigenvalue weighted by Crippen LogP contribution is -2.66. The van der Waals surface area contributed by atoms with Crippen molar-refractivity contribution in [3.05, 3.63) is 34.9 Å². The van der Waals surface area contributed by atoms with Gasteiger partial charge < -0.3 is 14.1 Å². The molecule has 1 heterocycles. The zero-order valence-corrected chi connectivity index (χ0v) is 24.6. The average Bonchev–Trinajstić information content (AvgIpc) is 2.66. The molecule has 3 atom stereocenters. The van der Waals surface area contributed by atoms with Gasteiger partial charge in [0.2, 0.25) is 5.91 Å². The molecule has 8 heteroatoms. The van der Waals surface area contributed by atoms with Crippen LogP contribution in [0.5, 0.6) is 0 Å². The fourth-order valence-electron chi connectivity index (χ4n) is 3.96. The third-order valence-electron chi connectivity index (χ3n) is 6.73. The third kappa shape index (κ3) is 7.36. The Labute approximate surface area is 216 Å². The van der Waals surface area contributed by atoms with Crippen molar-refractivity contribution in [1.29, 1.82) is 0 Å². The van der Waals surface area contributed by atoms with E-state index in [1.807, 2.05) is 52.0 Å². The summed E-state index contributed by atoms with van der Waals surface area (Å²) in [4.78, 5) is 28.2. The van der Waals surface area contributed by atoms with Crippen LogP contribution < -0.4 is 0 Å². The number of hydrogen-bond acceptors (Lipinski definition) is 5. The average molecular weight is 526 g/mol. The van der Waals surface area contributed by atoms with Gasteiger partial charge in [-0.15, -0.1) is 0 Å². The van der Waals surface area contributed by atoms with Gasteiger partial charge in [0.15, 0.2) is 8.32 Å². The van der Waals surface area contributed by atoms with E-state index in [4.69, 9.17) is 33.0 Å². The number of esters is 1. The van der Waals surface area contributed by atoms with E-state index in [1.165, 1.54) is 0 Å². The fourth-order valence-corrected chi connectivity index (χ4v) is 5.77. The summed E-state index contributed by atoms with van der Waals surface area (Å²) in [6, 6.07) is 7.34. The largest absolute Gasteiger partial charge is 0.459 e. The van der Waals surface area contributed by atoms with Gasteiger partial charge in [0.1, 0.15) is 12.1 Å². The van der Waals surface area contributed by atoms with Gasteiger partial charge in [-0.1, -0.05) is 56.7 Å². The lowest BCUT2D eigenvalue weighted by molar-refractivity contribution is -0.174. The molecule has 1 aliphatic heterocycles. The maximum atomic E-state index is 13.2. The summed E-state index contributed by atoms with van der Waals surface area (Å²) in [6.45, 7) is 18.3. The van der Waals surface area contributed by atoms with Gasteiger partial charge in [-0.2, -0.15) is 0 Å². The van der Waals surface area contributed by atoms with Gasteiger partial charge in [-0.05, 0) is 76.4 Å². The number of hydrogen-bond donors (Lipinski definition) is 0. The summed E-state index contributed by atoms with van der Waals surface area (Å²) in [5, 5.41) is 0.701. The maximum Gasteiger partial charge on any atom is 0.326 e. The van der Waals surface area contributed by atoms with Crippen molar-refractivity contribution in [3.8, 4) is 0 Å². The number of carbonyl (C=O) groups excluding carboxylic acids is 2. The van der Waals surface area contributed by atoms with Gasteiger partial charge in [0, 0.05) is 15.9 Å². The second-order valence-electron chi connectivity index (χ2n) is 11.7. The van der Waals surface area contributed by atoms with Crippen LogP contribution in [-0.4, -0.2) is 54.2 Å². The first kappa shape index (κ1) is 29.0. The molecular formula is C26H40ClNO4SSi. The molecule has 0 unspecified atom stereocenters. The molecule has 1 saturated heterocycles. The first-order valence-corrected chi connectivity index (χ1v) is 15.6. The van der Waals surface area contributed by atoms with E-state index >= 15 is 0 Å². The molecule has 5 nitrogen and oxygen atoms in total. The summed E-state index contributed by atoms with van der Waals surface area (Å²) >= 11 is 11.7. The van der Waals surface area contributed by atoms with E-state index < -0.39 is 19.9 Å². The Morgan fingerprint density at radius 3 is 2.21 bits per heavy atom. The quantitative estimate of drug-likeness (QED) is 0.122. The van der Waals surface area contributed by atoms with Gasteiger partial charge in [0.25, 0.3) is 0 Å². The van der Waals surface area contributed by atoms with Crippen molar-refractivity contribution < 1.29 is 18.8 Å². The third-order valence-corrected chi connectivity index (χ3v) is 12.0. The van der Waals surface area contributed by atoms with Crippen LogP contribution in [0, 0.1) is 5.92 Å². The second-order valence-corrected chi connectivity index (χ2v) is 17.4. The molecule has 0 aliphatic carbocycles. The number of halogens is 1. The molecule has 0 saturated carbocycles. The van der Waals surface area contributed by atoms with Crippen LogP contribution in [0.3, 0.4) is 0 Å². The summed E-state index contributed by atoms with van der Waals surface area (Å²) in [5.41, 5.74) is 0.347. The standard InChI is InChI=1S/C26H40ClNO4SSi/c1-17(32-34(8,9)26(5,6)7)23-20(14-15-21(33)18-10-12-19(27)13-11-18)28(24(23)30)16-22(29)31-25(2,3)4/h10-13,17,20,23H,14-16H2,1-9H3/t17-,20+,23-/m1/s1. The Hall–Kier alpha value is -1.28. The highest BCUT2D eigenvalue weighted by Gasteiger charge is 2.52. The van der Waals surface area contributed by atoms with E-state index in [2.05, 4.69) is 33.9 Å². The minimum atomic E-state index is -2.06. The molecule has 0 bridgehead atoms. The van der Waals surface area contributed by atoms with Crippen LogP contribution in [0.2, 0.25) is 23.2 Å². The first-order chi connectivity index (χ1) is 15.4. The molecule has 1 fully saturated rings. The van der Waals surface area contributed by atoms with E-state index in [0.29, 0.717) is 17.9 Å². The number of thiocarbonyl (C=S) groups is 1. The van der Waals surface area contributed by atoms with Crippen molar-refractivity contribution >= 4 is 48.9 Å². The minimum absolute atomic E-state index is 0.0376. The molecule has 0 aromatic heterocycles. The molecule has 0 radical (unpaired) electrons. The zero-order valence-electron chi connectivity index (χ0n) is 22.0. The van der Waals surface area contributed by atoms with E-state index in [9.17, 15) is 9.59 Å². The number of likely N-dealkylation sites (tertiary alicyclic amines) is 1. The van der Waals surface area contributed by atoms with Crippen molar-refractivity contribution in [3.63, 3.8) is 0 Å². The number of ether oxygens (including phenoxy) is 1. The van der Waals surface area contributed by atoms with Crippen molar-refractivity contribution in [2.75, 3.05) is 6.54 Å². The fraction of sp³-hybridized carbons (Fsp3) is 0.654. The van der Waals surface area contributed by atoms with Gasteiger partial charge in [0.05, 0.1) is 12.0 Å².